The van der Waals surface area contributed by atoms with Crippen LogP contribution in [-0.4, -0.2) is 89.2 Å². The average molecular weight is 508 g/mol. The molecule has 3 heterocycles. The Balaban J connectivity index is 1.33. The lowest BCUT2D eigenvalue weighted by atomic mass is 9.98. The molecule has 9 nitrogen and oxygen atoms in total. The fourth-order valence-corrected chi connectivity index (χ4v) is 5.79. The number of benzene rings is 1. The molecule has 5 rings (SSSR count). The molecule has 0 spiro atoms. The minimum absolute atomic E-state index is 0.0401. The van der Waals surface area contributed by atoms with Crippen molar-refractivity contribution in [2.45, 2.75) is 63.5 Å². The van der Waals surface area contributed by atoms with E-state index in [4.69, 9.17) is 4.98 Å². The molecule has 200 valence electrons. The van der Waals surface area contributed by atoms with E-state index < -0.39 is 0 Å². The number of piperidine rings is 1. The van der Waals surface area contributed by atoms with Gasteiger partial charge in [-0.2, -0.15) is 4.98 Å². The molecule has 2 aliphatic heterocycles. The van der Waals surface area contributed by atoms with E-state index in [0.717, 1.165) is 64.0 Å². The summed E-state index contributed by atoms with van der Waals surface area (Å²) in [7, 11) is 2.17. The van der Waals surface area contributed by atoms with Crippen LogP contribution in [0.3, 0.4) is 0 Å². The number of likely N-dealkylation sites (N-methyl/N-ethyl adjacent to an activating group) is 1. The van der Waals surface area contributed by atoms with Crippen molar-refractivity contribution in [3.63, 3.8) is 0 Å². The average Bonchev–Trinajstić information content (AvgIpc) is 3.43. The summed E-state index contributed by atoms with van der Waals surface area (Å²) in [5, 5.41) is 16.4. The Labute approximate surface area is 220 Å². The number of nitrogens with zero attached hydrogens (tertiary/aromatic N) is 5. The van der Waals surface area contributed by atoms with Crippen LogP contribution in [0.15, 0.2) is 30.5 Å². The van der Waals surface area contributed by atoms with E-state index in [0.29, 0.717) is 36.3 Å². The van der Waals surface area contributed by atoms with Crippen molar-refractivity contribution in [3.8, 4) is 0 Å². The van der Waals surface area contributed by atoms with Gasteiger partial charge in [0.25, 0.3) is 5.91 Å². The monoisotopic (exact) mass is 507 g/mol. The number of aromatic nitrogens is 2. The second-order valence-electron chi connectivity index (χ2n) is 10.7. The molecule has 37 heavy (non-hydrogen) atoms. The maximum absolute atomic E-state index is 13.7. The lowest BCUT2D eigenvalue weighted by molar-refractivity contribution is 0.0575. The van der Waals surface area contributed by atoms with Gasteiger partial charge in [-0.3, -0.25) is 4.79 Å². The molecule has 2 aromatic rings. The molecule has 3 fully saturated rings. The first-order valence-electron chi connectivity index (χ1n) is 14.0. The number of hydrogen-bond donors (Lipinski definition) is 3. The normalized spacial score (nSPS) is 21.3. The SMILES string of the molecule is CN1CCN(c2ccc(Nc3ncc(C(=O)N4CCCCC4CCO)c(NC4CCCC4)n3)cc2)CC1. The third-order valence-electron chi connectivity index (χ3n) is 8.06. The summed E-state index contributed by atoms with van der Waals surface area (Å²) in [5.74, 6) is 1.05. The summed E-state index contributed by atoms with van der Waals surface area (Å²) in [6.45, 7) is 5.03. The van der Waals surface area contributed by atoms with Gasteiger partial charge in [0.2, 0.25) is 5.95 Å². The highest BCUT2D eigenvalue weighted by molar-refractivity contribution is 5.99. The Morgan fingerprint density at radius 1 is 1.00 bits per heavy atom. The molecule has 1 saturated carbocycles. The minimum Gasteiger partial charge on any atom is -0.396 e. The van der Waals surface area contributed by atoms with Crippen molar-refractivity contribution in [2.24, 2.45) is 0 Å². The highest BCUT2D eigenvalue weighted by Crippen LogP contribution is 2.28. The first-order chi connectivity index (χ1) is 18.1. The summed E-state index contributed by atoms with van der Waals surface area (Å²) >= 11 is 0. The molecular formula is C28H41N7O2. The molecule has 0 radical (unpaired) electrons. The molecule has 1 aromatic heterocycles. The van der Waals surface area contributed by atoms with Crippen LogP contribution in [0.4, 0.5) is 23.1 Å². The van der Waals surface area contributed by atoms with Crippen LogP contribution in [0.2, 0.25) is 0 Å². The van der Waals surface area contributed by atoms with Crippen molar-refractivity contribution in [1.29, 1.82) is 0 Å². The molecule has 3 aliphatic rings. The Hall–Kier alpha value is -2.91. The summed E-state index contributed by atoms with van der Waals surface area (Å²) in [6, 6.07) is 8.80. The number of nitrogens with one attached hydrogen (secondary N) is 2. The van der Waals surface area contributed by atoms with Crippen molar-refractivity contribution >= 4 is 29.0 Å². The quantitative estimate of drug-likeness (QED) is 0.498. The van der Waals surface area contributed by atoms with Crippen LogP contribution in [0.1, 0.15) is 61.7 Å². The van der Waals surface area contributed by atoms with Crippen molar-refractivity contribution in [1.82, 2.24) is 19.8 Å². The number of aliphatic hydroxyl groups excluding tert-OH is 1. The molecule has 2 saturated heterocycles. The van der Waals surface area contributed by atoms with E-state index in [2.05, 4.69) is 56.7 Å². The van der Waals surface area contributed by atoms with Crippen LogP contribution < -0.4 is 15.5 Å². The third kappa shape index (κ3) is 6.33. The van der Waals surface area contributed by atoms with Gasteiger partial charge in [-0.05, 0) is 69.8 Å². The number of carbonyl (C=O) groups excluding carboxylic acids is 1. The van der Waals surface area contributed by atoms with Crippen LogP contribution in [-0.2, 0) is 0 Å². The molecular weight excluding hydrogens is 466 g/mol. The maximum Gasteiger partial charge on any atom is 0.259 e. The number of rotatable bonds is 8. The Morgan fingerprint density at radius 3 is 2.46 bits per heavy atom. The molecule has 1 atom stereocenters. The summed E-state index contributed by atoms with van der Waals surface area (Å²) < 4.78 is 0. The molecule has 1 unspecified atom stereocenters. The Bertz CT molecular complexity index is 1030. The topological polar surface area (TPSA) is 96.9 Å². The fourth-order valence-electron chi connectivity index (χ4n) is 5.79. The van der Waals surface area contributed by atoms with E-state index in [1.807, 2.05) is 4.90 Å². The number of carbonyl (C=O) groups is 1. The largest absolute Gasteiger partial charge is 0.396 e. The van der Waals surface area contributed by atoms with Crippen molar-refractivity contribution in [3.05, 3.63) is 36.0 Å². The van der Waals surface area contributed by atoms with E-state index >= 15 is 0 Å². The second kappa shape index (κ2) is 12.1. The second-order valence-corrected chi connectivity index (χ2v) is 10.7. The number of aliphatic hydroxyl groups is 1. The van der Waals surface area contributed by atoms with Gasteiger partial charge in [-0.25, -0.2) is 4.98 Å². The standard InChI is InChI=1S/C28H41N7O2/c1-33-15-17-34(18-16-33)23-11-9-22(10-12-23)31-28-29-20-25(26(32-28)30-21-6-2-3-7-21)27(37)35-14-5-4-8-24(35)13-19-36/h9-12,20-21,24,36H,2-8,13-19H2,1H3,(H2,29,30,31,32). The molecule has 9 heteroatoms. The Morgan fingerprint density at radius 2 is 1.73 bits per heavy atom. The zero-order valence-corrected chi connectivity index (χ0v) is 22.0. The van der Waals surface area contributed by atoms with E-state index in [1.54, 1.807) is 6.20 Å². The molecule has 0 bridgehead atoms. The highest BCUT2D eigenvalue weighted by Gasteiger charge is 2.30. The van der Waals surface area contributed by atoms with Gasteiger partial charge in [-0.15, -0.1) is 0 Å². The summed E-state index contributed by atoms with van der Waals surface area (Å²) in [4.78, 5) is 29.7. The first kappa shape index (κ1) is 25.7. The van der Waals surface area contributed by atoms with Crippen LogP contribution >= 0.6 is 0 Å². The first-order valence-corrected chi connectivity index (χ1v) is 14.0. The predicted octanol–water partition coefficient (Wildman–Crippen LogP) is 3.70. The van der Waals surface area contributed by atoms with Gasteiger partial charge in [0, 0.05) is 69.0 Å². The molecule has 1 aromatic carbocycles. The van der Waals surface area contributed by atoms with Crippen molar-refractivity contribution < 1.29 is 9.90 Å². The summed E-state index contributed by atoms with van der Waals surface area (Å²) in [6.07, 6.45) is 9.86. The third-order valence-corrected chi connectivity index (χ3v) is 8.06. The zero-order chi connectivity index (χ0) is 25.6. The summed E-state index contributed by atoms with van der Waals surface area (Å²) in [5.41, 5.74) is 2.67. The lowest BCUT2D eigenvalue weighted by Gasteiger charge is -2.36. The fraction of sp³-hybridized carbons (Fsp3) is 0.607. The van der Waals surface area contributed by atoms with Gasteiger partial charge >= 0.3 is 0 Å². The number of hydrogen-bond acceptors (Lipinski definition) is 8. The van der Waals surface area contributed by atoms with Gasteiger partial charge in [0.05, 0.1) is 0 Å². The van der Waals surface area contributed by atoms with Crippen LogP contribution in [0.5, 0.6) is 0 Å². The smallest absolute Gasteiger partial charge is 0.259 e. The number of piperazine rings is 1. The molecule has 1 aliphatic carbocycles. The van der Waals surface area contributed by atoms with Crippen molar-refractivity contribution in [2.75, 3.05) is 61.9 Å². The van der Waals surface area contributed by atoms with E-state index in [1.165, 1.54) is 18.5 Å². The van der Waals surface area contributed by atoms with Gasteiger partial charge in [0.15, 0.2) is 0 Å². The number of anilines is 4. The van der Waals surface area contributed by atoms with Gasteiger partial charge < -0.3 is 30.4 Å². The number of likely N-dealkylation sites (tertiary alicyclic amines) is 1. The van der Waals surface area contributed by atoms with Gasteiger partial charge in [0.1, 0.15) is 11.4 Å². The van der Waals surface area contributed by atoms with E-state index in [9.17, 15) is 9.90 Å². The van der Waals surface area contributed by atoms with Crippen LogP contribution in [0, 0.1) is 0 Å². The van der Waals surface area contributed by atoms with Gasteiger partial charge in [-0.1, -0.05) is 12.8 Å². The highest BCUT2D eigenvalue weighted by atomic mass is 16.3. The van der Waals surface area contributed by atoms with E-state index in [-0.39, 0.29) is 18.6 Å². The Kier molecular flexibility index (Phi) is 8.41. The molecule has 1 amide bonds. The molecule has 3 N–H and O–H groups in total. The minimum atomic E-state index is -0.0401. The predicted molar refractivity (Wildman–Crippen MR) is 148 cm³/mol. The number of amides is 1. The van der Waals surface area contributed by atoms with Crippen LogP contribution in [0.25, 0.3) is 0 Å². The lowest BCUT2D eigenvalue weighted by Crippen LogP contribution is -2.44. The zero-order valence-electron chi connectivity index (χ0n) is 22.0. The maximum atomic E-state index is 13.7.